The third kappa shape index (κ3) is 3.79. The van der Waals surface area contributed by atoms with Crippen molar-refractivity contribution in [2.75, 3.05) is 10.6 Å². The summed E-state index contributed by atoms with van der Waals surface area (Å²) in [7, 11) is 0. The molecular formula is C19H17N5O3. The van der Waals surface area contributed by atoms with Crippen LogP contribution in [0.3, 0.4) is 0 Å². The Balaban J connectivity index is 1.47. The number of amides is 3. The Labute approximate surface area is 154 Å². The molecule has 1 aliphatic rings. The highest BCUT2D eigenvalue weighted by Crippen LogP contribution is 2.20. The Morgan fingerprint density at radius 3 is 2.22 bits per heavy atom. The number of aromatic nitrogens is 2. The van der Waals surface area contributed by atoms with Crippen LogP contribution < -0.4 is 21.5 Å². The van der Waals surface area contributed by atoms with E-state index in [0.717, 1.165) is 12.8 Å². The quantitative estimate of drug-likeness (QED) is 0.570. The van der Waals surface area contributed by atoms with Crippen molar-refractivity contribution in [1.82, 2.24) is 15.5 Å². The van der Waals surface area contributed by atoms with Crippen LogP contribution in [0.2, 0.25) is 0 Å². The van der Waals surface area contributed by atoms with E-state index < -0.39 is 5.91 Å². The van der Waals surface area contributed by atoms with Crippen molar-refractivity contribution < 1.29 is 9.59 Å². The summed E-state index contributed by atoms with van der Waals surface area (Å²) in [6.45, 7) is 0. The highest BCUT2D eigenvalue weighted by atomic mass is 16.2. The minimum absolute atomic E-state index is 0.135. The van der Waals surface area contributed by atoms with Gasteiger partial charge in [0.2, 0.25) is 0 Å². The molecule has 0 saturated heterocycles. The minimum Gasteiger partial charge on any atom is -0.335 e. The van der Waals surface area contributed by atoms with Crippen LogP contribution >= 0.6 is 0 Å². The molecule has 8 nitrogen and oxygen atoms in total. The summed E-state index contributed by atoms with van der Waals surface area (Å²) in [4.78, 5) is 36.1. The van der Waals surface area contributed by atoms with E-state index >= 15 is 0 Å². The van der Waals surface area contributed by atoms with Gasteiger partial charge in [0.05, 0.1) is 5.39 Å². The average Bonchev–Trinajstić information content (AvgIpc) is 3.47. The normalized spacial score (nSPS) is 13.2. The summed E-state index contributed by atoms with van der Waals surface area (Å²) in [5.41, 5.74) is 0.960. The van der Waals surface area contributed by atoms with Crippen molar-refractivity contribution in [2.24, 2.45) is 0 Å². The smallest absolute Gasteiger partial charge is 0.319 e. The van der Waals surface area contributed by atoms with Crippen LogP contribution in [0.5, 0.6) is 0 Å². The Morgan fingerprint density at radius 2 is 1.56 bits per heavy atom. The number of anilines is 2. The molecule has 1 aromatic heterocycles. The molecule has 136 valence electrons. The molecule has 4 rings (SSSR count). The maximum Gasteiger partial charge on any atom is 0.319 e. The molecule has 2 aromatic carbocycles. The van der Waals surface area contributed by atoms with Gasteiger partial charge in [0.1, 0.15) is 0 Å². The molecule has 1 fully saturated rings. The number of carbonyl (C=O) groups excluding carboxylic acids is 2. The number of benzene rings is 2. The first-order valence-electron chi connectivity index (χ1n) is 8.56. The van der Waals surface area contributed by atoms with Crippen LogP contribution in [0.1, 0.15) is 23.3 Å². The van der Waals surface area contributed by atoms with Gasteiger partial charge in [0.15, 0.2) is 5.69 Å². The molecule has 0 aliphatic heterocycles. The van der Waals surface area contributed by atoms with E-state index in [1.165, 1.54) is 0 Å². The van der Waals surface area contributed by atoms with Gasteiger partial charge in [0.25, 0.3) is 11.5 Å². The fourth-order valence-electron chi connectivity index (χ4n) is 2.70. The van der Waals surface area contributed by atoms with Crippen LogP contribution in [0, 0.1) is 0 Å². The third-order valence-electron chi connectivity index (χ3n) is 4.22. The summed E-state index contributed by atoms with van der Waals surface area (Å²) in [6, 6.07) is 13.6. The van der Waals surface area contributed by atoms with Crippen molar-refractivity contribution in [1.29, 1.82) is 0 Å². The van der Waals surface area contributed by atoms with E-state index in [4.69, 9.17) is 0 Å². The molecule has 0 bridgehead atoms. The van der Waals surface area contributed by atoms with E-state index in [2.05, 4.69) is 26.1 Å². The number of carbonyl (C=O) groups is 2. The molecule has 0 spiro atoms. The molecule has 4 N–H and O–H groups in total. The number of hydrogen-bond acceptors (Lipinski definition) is 4. The first-order valence-corrected chi connectivity index (χ1v) is 8.56. The van der Waals surface area contributed by atoms with E-state index in [-0.39, 0.29) is 23.3 Å². The van der Waals surface area contributed by atoms with Gasteiger partial charge in [-0.3, -0.25) is 9.59 Å². The maximum absolute atomic E-state index is 12.6. The highest BCUT2D eigenvalue weighted by molar-refractivity contribution is 6.11. The first-order chi connectivity index (χ1) is 13.1. The Hall–Kier alpha value is -3.68. The molecule has 3 aromatic rings. The number of H-pyrrole nitrogens is 1. The van der Waals surface area contributed by atoms with Crippen molar-refractivity contribution in [2.45, 2.75) is 18.9 Å². The number of urea groups is 1. The van der Waals surface area contributed by atoms with Gasteiger partial charge in [-0.1, -0.05) is 18.2 Å². The maximum atomic E-state index is 12.6. The predicted octanol–water partition coefficient (Wildman–Crippen LogP) is 2.46. The number of fused-ring (bicyclic) bond motifs is 1. The van der Waals surface area contributed by atoms with Crippen LogP contribution in [0.15, 0.2) is 53.3 Å². The van der Waals surface area contributed by atoms with E-state index in [9.17, 15) is 14.4 Å². The number of nitrogens with zero attached hydrogens (tertiary/aromatic N) is 1. The SMILES string of the molecule is O=C(Nc1ccc(NC(=O)c2n[nH]c(=O)c3ccccc23)cc1)NC1CC1. The number of nitrogens with one attached hydrogen (secondary N) is 4. The lowest BCUT2D eigenvalue weighted by Gasteiger charge is -2.09. The summed E-state index contributed by atoms with van der Waals surface area (Å²) < 4.78 is 0. The Kier molecular flexibility index (Phi) is 4.29. The van der Waals surface area contributed by atoms with Gasteiger partial charge in [0, 0.05) is 22.8 Å². The molecule has 1 saturated carbocycles. The molecular weight excluding hydrogens is 346 g/mol. The van der Waals surface area contributed by atoms with Crippen molar-refractivity contribution >= 4 is 34.1 Å². The lowest BCUT2D eigenvalue weighted by molar-refractivity contribution is 0.102. The zero-order chi connectivity index (χ0) is 18.8. The second kappa shape index (κ2) is 6.91. The molecule has 0 unspecified atom stereocenters. The zero-order valence-electron chi connectivity index (χ0n) is 14.3. The van der Waals surface area contributed by atoms with Crippen LogP contribution in [-0.2, 0) is 0 Å². The van der Waals surface area contributed by atoms with Gasteiger partial charge < -0.3 is 16.0 Å². The fraction of sp³-hybridized carbons (Fsp3) is 0.158. The fourth-order valence-corrected chi connectivity index (χ4v) is 2.70. The average molecular weight is 363 g/mol. The molecule has 1 heterocycles. The van der Waals surface area contributed by atoms with Crippen LogP contribution in [0.4, 0.5) is 16.2 Å². The van der Waals surface area contributed by atoms with Crippen LogP contribution in [-0.4, -0.2) is 28.2 Å². The second-order valence-electron chi connectivity index (χ2n) is 6.35. The summed E-state index contributed by atoms with van der Waals surface area (Å²) in [5.74, 6) is -0.436. The lowest BCUT2D eigenvalue weighted by atomic mass is 10.1. The summed E-state index contributed by atoms with van der Waals surface area (Å²) >= 11 is 0. The standard InChI is InChI=1S/C19H17N5O3/c25-17-15-4-2-1-3-14(15)16(23-24-17)18(26)20-11-5-7-12(8-6-11)21-19(27)22-13-9-10-13/h1-8,13H,9-10H2,(H,20,26)(H,24,25)(H2,21,22,27). The monoisotopic (exact) mass is 363 g/mol. The Bertz CT molecular complexity index is 1070. The second-order valence-corrected chi connectivity index (χ2v) is 6.35. The van der Waals surface area contributed by atoms with Gasteiger partial charge >= 0.3 is 6.03 Å². The highest BCUT2D eigenvalue weighted by Gasteiger charge is 2.23. The third-order valence-corrected chi connectivity index (χ3v) is 4.22. The number of aromatic amines is 1. The molecule has 27 heavy (non-hydrogen) atoms. The van der Waals surface area contributed by atoms with Crippen LogP contribution in [0.25, 0.3) is 10.8 Å². The van der Waals surface area contributed by atoms with Gasteiger partial charge in [-0.05, 0) is 43.2 Å². The van der Waals surface area contributed by atoms with Crippen molar-refractivity contribution in [3.8, 4) is 0 Å². The van der Waals surface area contributed by atoms with E-state index in [1.807, 2.05) is 0 Å². The molecule has 3 amide bonds. The van der Waals surface area contributed by atoms with Gasteiger partial charge in [-0.25, -0.2) is 9.89 Å². The Morgan fingerprint density at radius 1 is 0.926 bits per heavy atom. The lowest BCUT2D eigenvalue weighted by Crippen LogP contribution is -2.30. The first kappa shape index (κ1) is 16.8. The number of hydrogen-bond donors (Lipinski definition) is 4. The molecule has 8 heteroatoms. The van der Waals surface area contributed by atoms with Crippen molar-refractivity contribution in [3.63, 3.8) is 0 Å². The zero-order valence-corrected chi connectivity index (χ0v) is 14.3. The number of rotatable bonds is 4. The summed E-state index contributed by atoms with van der Waals surface area (Å²) in [5, 5.41) is 15.4. The van der Waals surface area contributed by atoms with E-state index in [1.54, 1.807) is 48.5 Å². The van der Waals surface area contributed by atoms with Crippen molar-refractivity contribution in [3.05, 3.63) is 64.6 Å². The van der Waals surface area contributed by atoms with Gasteiger partial charge in [-0.15, -0.1) is 0 Å². The minimum atomic E-state index is -0.436. The summed E-state index contributed by atoms with van der Waals surface area (Å²) in [6.07, 6.45) is 2.04. The molecule has 1 aliphatic carbocycles. The predicted molar refractivity (Wildman–Crippen MR) is 102 cm³/mol. The van der Waals surface area contributed by atoms with E-state index in [0.29, 0.717) is 22.1 Å². The molecule has 0 atom stereocenters. The topological polar surface area (TPSA) is 116 Å². The molecule has 0 radical (unpaired) electrons. The largest absolute Gasteiger partial charge is 0.335 e. The van der Waals surface area contributed by atoms with Gasteiger partial charge in [-0.2, -0.15) is 5.10 Å².